The molecule has 2 aromatic carbocycles. The minimum atomic E-state index is -0.959. The van der Waals surface area contributed by atoms with Gasteiger partial charge in [0.15, 0.2) is 0 Å². The number of aromatic carboxylic acids is 1. The number of nitrogens with two attached hydrogens (primary N) is 2. The Kier molecular flexibility index (Phi) is 6.41. The van der Waals surface area contributed by atoms with E-state index in [2.05, 4.69) is 21.8 Å². The number of hydrogen-bond donors (Lipinski definition) is 3. The second-order valence-electron chi connectivity index (χ2n) is 7.01. The quantitative estimate of drug-likeness (QED) is 0.541. The summed E-state index contributed by atoms with van der Waals surface area (Å²) in [6, 6.07) is 12.6. The van der Waals surface area contributed by atoms with Gasteiger partial charge in [-0.1, -0.05) is 30.9 Å². The number of aryl methyl sites for hydroxylation is 1. The number of ether oxygens (including phenoxy) is 1. The molecule has 0 fully saturated rings. The van der Waals surface area contributed by atoms with Crippen LogP contribution in [-0.4, -0.2) is 28.2 Å². The van der Waals surface area contributed by atoms with Gasteiger partial charge in [0.2, 0.25) is 5.95 Å². The van der Waals surface area contributed by atoms with Crippen molar-refractivity contribution >= 4 is 17.7 Å². The Morgan fingerprint density at radius 3 is 2.45 bits per heavy atom. The Balaban J connectivity index is 1.98. The van der Waals surface area contributed by atoms with Gasteiger partial charge in [-0.3, -0.25) is 0 Å². The molecule has 7 heteroatoms. The summed E-state index contributed by atoms with van der Waals surface area (Å²) in [5.41, 5.74) is 16.0. The van der Waals surface area contributed by atoms with Crippen molar-refractivity contribution in [2.24, 2.45) is 0 Å². The predicted octanol–water partition coefficient (Wildman–Crippen LogP) is 3.73. The van der Waals surface area contributed by atoms with Crippen molar-refractivity contribution in [1.82, 2.24) is 9.97 Å². The summed E-state index contributed by atoms with van der Waals surface area (Å²) >= 11 is 0. The molecule has 3 rings (SSSR count). The first kappa shape index (κ1) is 21.7. The van der Waals surface area contributed by atoms with Crippen LogP contribution >= 0.6 is 0 Å². The van der Waals surface area contributed by atoms with E-state index < -0.39 is 5.97 Å². The number of carbonyl (C=O) groups is 1. The maximum atomic E-state index is 11.1. The molecule has 0 saturated carbocycles. The van der Waals surface area contributed by atoms with E-state index in [1.54, 1.807) is 31.4 Å². The first-order valence-electron chi connectivity index (χ1n) is 9.78. The van der Waals surface area contributed by atoms with E-state index in [0.29, 0.717) is 17.7 Å². The van der Waals surface area contributed by atoms with Gasteiger partial charge in [0.1, 0.15) is 11.6 Å². The van der Waals surface area contributed by atoms with Crippen LogP contribution < -0.4 is 16.2 Å². The lowest BCUT2D eigenvalue weighted by Crippen LogP contribution is -2.06. The fourth-order valence-corrected chi connectivity index (χ4v) is 3.16. The Labute approximate surface area is 181 Å². The number of hydrogen-bond acceptors (Lipinski definition) is 6. The van der Waals surface area contributed by atoms with Crippen LogP contribution in [0.5, 0.6) is 5.75 Å². The van der Waals surface area contributed by atoms with Gasteiger partial charge in [-0.15, -0.1) is 0 Å². The fourth-order valence-electron chi connectivity index (χ4n) is 3.16. The van der Waals surface area contributed by atoms with E-state index in [0.717, 1.165) is 22.4 Å². The van der Waals surface area contributed by atoms with Gasteiger partial charge >= 0.3 is 5.97 Å². The van der Waals surface area contributed by atoms with Gasteiger partial charge in [0.05, 0.1) is 23.9 Å². The maximum Gasteiger partial charge on any atom is 0.335 e. The van der Waals surface area contributed by atoms with E-state index in [1.165, 1.54) is 0 Å². The molecule has 0 aliphatic heterocycles. The van der Waals surface area contributed by atoms with E-state index in [9.17, 15) is 4.79 Å². The van der Waals surface area contributed by atoms with Crippen molar-refractivity contribution in [2.75, 3.05) is 18.6 Å². The van der Waals surface area contributed by atoms with Crippen LogP contribution in [0.4, 0.5) is 11.8 Å². The van der Waals surface area contributed by atoms with Crippen molar-refractivity contribution in [3.8, 4) is 28.7 Å². The number of benzene rings is 2. The fraction of sp³-hybridized carbons (Fsp3) is 0.208. The van der Waals surface area contributed by atoms with Crippen molar-refractivity contribution in [3.05, 3.63) is 64.8 Å². The lowest BCUT2D eigenvalue weighted by Gasteiger charge is -2.12. The molecule has 5 N–H and O–H groups in total. The number of nitrogens with zero attached hydrogens (tertiary/aromatic N) is 2. The summed E-state index contributed by atoms with van der Waals surface area (Å²) in [5.74, 6) is 6.34. The van der Waals surface area contributed by atoms with Crippen molar-refractivity contribution in [2.45, 2.75) is 26.2 Å². The van der Waals surface area contributed by atoms with Gasteiger partial charge in [-0.25, -0.2) is 9.78 Å². The number of anilines is 2. The molecular formula is C24H24N4O3. The summed E-state index contributed by atoms with van der Waals surface area (Å²) < 4.78 is 5.46. The number of carboxylic acids is 1. The third kappa shape index (κ3) is 4.93. The first-order valence-corrected chi connectivity index (χ1v) is 9.78. The highest BCUT2D eigenvalue weighted by molar-refractivity contribution is 5.88. The molecule has 0 spiro atoms. The number of rotatable bonds is 5. The van der Waals surface area contributed by atoms with Crippen LogP contribution in [-0.2, 0) is 6.42 Å². The molecule has 0 radical (unpaired) electrons. The van der Waals surface area contributed by atoms with Gasteiger partial charge in [0.25, 0.3) is 0 Å². The zero-order valence-electron chi connectivity index (χ0n) is 17.6. The van der Waals surface area contributed by atoms with Crippen LogP contribution in [0.15, 0.2) is 42.5 Å². The third-order valence-electron chi connectivity index (χ3n) is 4.91. The van der Waals surface area contributed by atoms with Crippen LogP contribution in [0.1, 0.15) is 46.9 Å². The Hall–Kier alpha value is -4.05. The molecule has 0 bridgehead atoms. The molecule has 7 nitrogen and oxygen atoms in total. The van der Waals surface area contributed by atoms with E-state index in [4.69, 9.17) is 21.3 Å². The maximum absolute atomic E-state index is 11.1. The molecule has 0 amide bonds. The summed E-state index contributed by atoms with van der Waals surface area (Å²) in [6.45, 7) is 3.94. The van der Waals surface area contributed by atoms with E-state index in [1.807, 2.05) is 32.0 Å². The van der Waals surface area contributed by atoms with Crippen LogP contribution in [0.25, 0.3) is 11.1 Å². The molecule has 0 aliphatic carbocycles. The largest absolute Gasteiger partial charge is 0.497 e. The standard InChI is InChI=1S/C24H24N4O3/c1-4-21-20(22(25)28-24(26)27-21)10-5-14(2)17-11-18(13-19(12-17)31-3)15-6-8-16(9-7-15)23(29)30/h6-9,11-14H,4H2,1-3H3,(H,29,30)(H4,25,26,27,28). The monoisotopic (exact) mass is 416 g/mol. The second-order valence-corrected chi connectivity index (χ2v) is 7.01. The summed E-state index contributed by atoms with van der Waals surface area (Å²) in [7, 11) is 1.60. The lowest BCUT2D eigenvalue weighted by atomic mass is 9.95. The molecule has 3 aromatic rings. The summed E-state index contributed by atoms with van der Waals surface area (Å²) in [4.78, 5) is 19.3. The molecule has 1 unspecified atom stereocenters. The SMILES string of the molecule is CCc1nc(N)nc(N)c1C#CC(C)c1cc(OC)cc(-c2ccc(C(=O)O)cc2)c1. The van der Waals surface area contributed by atoms with Crippen molar-refractivity contribution in [1.29, 1.82) is 0 Å². The smallest absolute Gasteiger partial charge is 0.335 e. The van der Waals surface area contributed by atoms with Crippen molar-refractivity contribution < 1.29 is 14.6 Å². The number of methoxy groups -OCH3 is 1. The van der Waals surface area contributed by atoms with Gasteiger partial charge in [0, 0.05) is 5.92 Å². The minimum absolute atomic E-state index is 0.131. The van der Waals surface area contributed by atoms with Crippen molar-refractivity contribution in [3.63, 3.8) is 0 Å². The molecular weight excluding hydrogens is 392 g/mol. The minimum Gasteiger partial charge on any atom is -0.497 e. The van der Waals surface area contributed by atoms with Gasteiger partial charge in [-0.2, -0.15) is 4.98 Å². The Morgan fingerprint density at radius 1 is 1.13 bits per heavy atom. The summed E-state index contributed by atoms with van der Waals surface area (Å²) in [5, 5.41) is 9.11. The zero-order valence-corrected chi connectivity index (χ0v) is 17.6. The predicted molar refractivity (Wildman–Crippen MR) is 121 cm³/mol. The van der Waals surface area contributed by atoms with Gasteiger partial charge < -0.3 is 21.3 Å². The molecule has 0 saturated heterocycles. The highest BCUT2D eigenvalue weighted by Gasteiger charge is 2.11. The van der Waals surface area contributed by atoms with Crippen LogP contribution in [0.3, 0.4) is 0 Å². The molecule has 1 aromatic heterocycles. The highest BCUT2D eigenvalue weighted by atomic mass is 16.5. The Morgan fingerprint density at radius 2 is 1.84 bits per heavy atom. The number of aromatic nitrogens is 2. The average molecular weight is 416 g/mol. The molecule has 1 heterocycles. The molecule has 0 aliphatic rings. The molecule has 31 heavy (non-hydrogen) atoms. The summed E-state index contributed by atoms with van der Waals surface area (Å²) in [6.07, 6.45) is 0.644. The van der Waals surface area contributed by atoms with E-state index >= 15 is 0 Å². The average Bonchev–Trinajstić information content (AvgIpc) is 2.77. The third-order valence-corrected chi connectivity index (χ3v) is 4.91. The Bertz CT molecular complexity index is 1180. The first-order chi connectivity index (χ1) is 14.8. The van der Waals surface area contributed by atoms with Crippen LogP contribution in [0, 0.1) is 11.8 Å². The molecule has 158 valence electrons. The highest BCUT2D eigenvalue weighted by Crippen LogP contribution is 2.30. The number of nitrogen functional groups attached to an aromatic ring is 2. The topological polar surface area (TPSA) is 124 Å². The normalized spacial score (nSPS) is 11.3. The lowest BCUT2D eigenvalue weighted by molar-refractivity contribution is 0.0697. The van der Waals surface area contributed by atoms with Crippen LogP contribution in [0.2, 0.25) is 0 Å². The van der Waals surface area contributed by atoms with Gasteiger partial charge in [-0.05, 0) is 60.4 Å². The number of carboxylic acid groups (broad SMARTS) is 1. The second kappa shape index (κ2) is 9.18. The zero-order chi connectivity index (χ0) is 22.5. The molecule has 1 atom stereocenters. The van der Waals surface area contributed by atoms with E-state index in [-0.39, 0.29) is 23.2 Å².